The van der Waals surface area contributed by atoms with Crippen molar-refractivity contribution in [2.24, 2.45) is 17.6 Å². The van der Waals surface area contributed by atoms with E-state index in [2.05, 4.69) is 26.1 Å². The molecule has 4 atom stereocenters. The highest BCUT2D eigenvalue weighted by molar-refractivity contribution is 6.01. The minimum absolute atomic E-state index is 0.0335. The fourth-order valence-electron chi connectivity index (χ4n) is 8.40. The number of aromatic hydroxyl groups is 1. The van der Waals surface area contributed by atoms with Gasteiger partial charge in [-0.2, -0.15) is 5.26 Å². The van der Waals surface area contributed by atoms with Crippen LogP contribution in [0.1, 0.15) is 124 Å². The number of hydrogen-bond acceptors (Lipinski definition) is 12. The lowest BCUT2D eigenvalue weighted by Gasteiger charge is -2.32. The molecule has 0 saturated heterocycles. The normalized spacial score (nSPS) is 16.9. The zero-order chi connectivity index (χ0) is 48.5. The summed E-state index contributed by atoms with van der Waals surface area (Å²) in [5, 5.41) is 31.2. The van der Waals surface area contributed by atoms with Gasteiger partial charge in [-0.1, -0.05) is 64.1 Å². The van der Waals surface area contributed by atoms with Gasteiger partial charge in [-0.15, -0.1) is 0 Å². The number of ether oxygens (including phenoxy) is 1. The van der Waals surface area contributed by atoms with Gasteiger partial charge in [0.2, 0.25) is 11.8 Å². The molecule has 4 aromatic rings. The van der Waals surface area contributed by atoms with E-state index in [9.17, 15) is 34.3 Å². The van der Waals surface area contributed by atoms with Gasteiger partial charge in [-0.3, -0.25) is 24.0 Å². The van der Waals surface area contributed by atoms with Crippen molar-refractivity contribution >= 4 is 34.9 Å². The summed E-state index contributed by atoms with van der Waals surface area (Å²) in [5.74, 6) is -3.42. The Morgan fingerprint density at radius 2 is 1.68 bits per heavy atom. The molecule has 0 fully saturated rings. The zero-order valence-electron chi connectivity index (χ0n) is 39.4. The van der Waals surface area contributed by atoms with E-state index in [0.29, 0.717) is 69.3 Å². The molecule has 14 nitrogen and oxygen atoms in total. The number of phenolic OH excluding ortho intramolecular Hbond substituents is 1. The second-order valence-electron chi connectivity index (χ2n) is 18.5. The molecule has 2 amide bonds. The van der Waals surface area contributed by atoms with E-state index in [1.165, 1.54) is 18.0 Å². The second-order valence-corrected chi connectivity index (χ2v) is 18.5. The van der Waals surface area contributed by atoms with Crippen LogP contribution in [0.2, 0.25) is 0 Å². The average Bonchev–Trinajstić information content (AvgIpc) is 3.26. The molecular formula is C52H63N7O7. The maximum absolute atomic E-state index is 14.8. The molecule has 4 bridgehead atoms. The summed E-state index contributed by atoms with van der Waals surface area (Å²) in [6, 6.07) is 17.5. The van der Waals surface area contributed by atoms with Crippen LogP contribution in [0.5, 0.6) is 11.5 Å². The van der Waals surface area contributed by atoms with Gasteiger partial charge in [0.05, 0.1) is 35.7 Å². The predicted molar refractivity (Wildman–Crippen MR) is 253 cm³/mol. The zero-order valence-corrected chi connectivity index (χ0v) is 39.4. The molecular weight excluding hydrogens is 835 g/mol. The Labute approximate surface area is 387 Å². The van der Waals surface area contributed by atoms with Crippen molar-refractivity contribution in [3.05, 3.63) is 94.3 Å². The van der Waals surface area contributed by atoms with Gasteiger partial charge in [0.25, 0.3) is 0 Å². The number of carbonyl (C=O) groups is 5. The molecule has 5 rings (SSSR count). The van der Waals surface area contributed by atoms with Gasteiger partial charge < -0.3 is 31.2 Å². The Kier molecular flexibility index (Phi) is 16.9. The van der Waals surface area contributed by atoms with Gasteiger partial charge >= 0.3 is 0 Å². The lowest BCUT2D eigenvalue weighted by atomic mass is 9.86. The van der Waals surface area contributed by atoms with Crippen molar-refractivity contribution in [3.8, 4) is 40.1 Å². The van der Waals surface area contributed by atoms with Crippen molar-refractivity contribution in [2.45, 2.75) is 117 Å². The van der Waals surface area contributed by atoms with Gasteiger partial charge in [-0.25, -0.2) is 9.97 Å². The molecule has 0 unspecified atom stereocenters. The largest absolute Gasteiger partial charge is 0.507 e. The third-order valence-electron chi connectivity index (χ3n) is 12.1. The molecule has 348 valence electrons. The minimum Gasteiger partial charge on any atom is -0.507 e. The highest BCUT2D eigenvalue weighted by Crippen LogP contribution is 2.40. The Morgan fingerprint density at radius 3 is 2.30 bits per heavy atom. The molecule has 3 aromatic carbocycles. The van der Waals surface area contributed by atoms with Crippen LogP contribution in [-0.2, 0) is 31.0 Å². The number of aryl methyl sites for hydroxylation is 2. The van der Waals surface area contributed by atoms with Crippen LogP contribution < -0.4 is 15.8 Å². The fourth-order valence-corrected chi connectivity index (χ4v) is 8.40. The van der Waals surface area contributed by atoms with Crippen LogP contribution in [0.15, 0.2) is 60.7 Å². The van der Waals surface area contributed by atoms with Gasteiger partial charge in [-0.05, 0) is 99.4 Å². The summed E-state index contributed by atoms with van der Waals surface area (Å²) in [6.45, 7) is 13.5. The molecule has 2 heterocycles. The minimum atomic E-state index is -1.27. The highest BCUT2D eigenvalue weighted by Gasteiger charge is 2.36. The number of fused-ring (bicyclic) bond motifs is 5. The molecule has 0 saturated carbocycles. The summed E-state index contributed by atoms with van der Waals surface area (Å²) in [7, 11) is 1.48. The molecule has 1 aromatic heterocycles. The standard InChI is InChI=1S/C52H63N7O7/c1-30-25-45(63)48(59(8)51(65)37(21-23-54)29-44(62)47-32(3)56-49(57-33(47)4)35-14-17-38(18-15-35)52(5,6)7)36-16-20-46(66-24-10-11-31(2)55)40(28-36)39-26-34(13-19-42(39)60)27-41(58-50(30)64)43(61)12-9-22-53/h13-20,26,28,30,37,41,48,55,60H,9-12,21,23-25,27,29,54H2,1-8H3,(H,58,64)/t30-,37-,41+,48+/m1/s1. The Bertz CT molecular complexity index is 2500. The number of amides is 2. The van der Waals surface area contributed by atoms with E-state index in [0.717, 1.165) is 11.1 Å². The maximum Gasteiger partial charge on any atom is 0.226 e. The molecule has 66 heavy (non-hydrogen) atoms. The quantitative estimate of drug-likeness (QED) is 0.0480. The number of likely N-dealkylation sites (N-methyl/N-ethyl adjacent to an activating group) is 1. The van der Waals surface area contributed by atoms with Crippen molar-refractivity contribution in [2.75, 3.05) is 20.2 Å². The number of ketones is 3. The topological polar surface area (TPSA) is 230 Å². The third-order valence-corrected chi connectivity index (χ3v) is 12.1. The molecule has 14 heteroatoms. The summed E-state index contributed by atoms with van der Waals surface area (Å²) in [4.78, 5) is 81.6. The van der Waals surface area contributed by atoms with Crippen LogP contribution >= 0.6 is 0 Å². The van der Waals surface area contributed by atoms with Crippen LogP contribution in [-0.4, -0.2) is 81.1 Å². The van der Waals surface area contributed by atoms with Gasteiger partial charge in [0.1, 0.15) is 17.5 Å². The molecule has 1 aliphatic heterocycles. The first-order chi connectivity index (χ1) is 31.2. The van der Waals surface area contributed by atoms with E-state index in [4.69, 9.17) is 25.8 Å². The maximum atomic E-state index is 14.8. The van der Waals surface area contributed by atoms with Crippen LogP contribution in [0.3, 0.4) is 0 Å². The monoisotopic (exact) mass is 897 g/mol. The van der Waals surface area contributed by atoms with Crippen molar-refractivity contribution in [1.82, 2.24) is 20.2 Å². The van der Waals surface area contributed by atoms with E-state index in [1.54, 1.807) is 58.0 Å². The number of hydrogen-bond donors (Lipinski definition) is 4. The van der Waals surface area contributed by atoms with Crippen LogP contribution in [0, 0.1) is 42.4 Å². The van der Waals surface area contributed by atoms with Gasteiger partial charge in [0.15, 0.2) is 23.2 Å². The first-order valence-corrected chi connectivity index (χ1v) is 22.6. The smallest absolute Gasteiger partial charge is 0.226 e. The molecule has 0 radical (unpaired) electrons. The molecule has 1 aliphatic rings. The number of aromatic nitrogens is 2. The van der Waals surface area contributed by atoms with E-state index in [1.807, 2.05) is 30.3 Å². The van der Waals surface area contributed by atoms with Crippen LogP contribution in [0.4, 0.5) is 0 Å². The van der Waals surface area contributed by atoms with Crippen LogP contribution in [0.25, 0.3) is 22.5 Å². The third kappa shape index (κ3) is 12.4. The Morgan fingerprint density at radius 1 is 1.00 bits per heavy atom. The number of nitriles is 1. The number of benzene rings is 3. The van der Waals surface area contributed by atoms with Gasteiger partial charge in [0, 0.05) is 67.0 Å². The number of Topliss-reactive ketones (excluding diaryl/α,β-unsaturated/α-hetero) is 3. The highest BCUT2D eigenvalue weighted by atomic mass is 16.5. The summed E-state index contributed by atoms with van der Waals surface area (Å²) in [5.41, 5.74) is 11.4. The predicted octanol–water partition coefficient (Wildman–Crippen LogP) is 7.88. The van der Waals surface area contributed by atoms with E-state index in [-0.39, 0.29) is 74.4 Å². The van der Waals surface area contributed by atoms with E-state index < -0.39 is 41.5 Å². The first kappa shape index (κ1) is 50.4. The molecule has 5 N–H and O–H groups in total. The van der Waals surface area contributed by atoms with Crippen molar-refractivity contribution in [3.63, 3.8) is 0 Å². The summed E-state index contributed by atoms with van der Waals surface area (Å²) in [6.07, 6.45) is 0.547. The fraction of sp³-hybridized carbons (Fsp3) is 0.442. The Hall–Kier alpha value is -6.59. The van der Waals surface area contributed by atoms with Crippen molar-refractivity contribution in [1.29, 1.82) is 10.7 Å². The summed E-state index contributed by atoms with van der Waals surface area (Å²) >= 11 is 0. The number of phenols is 1. The number of nitrogens with zero attached hydrogens (tertiary/aromatic N) is 4. The Balaban J connectivity index is 1.55. The van der Waals surface area contributed by atoms with Crippen molar-refractivity contribution < 1.29 is 33.8 Å². The number of carbonyl (C=O) groups excluding carboxylic acids is 5. The number of nitrogens with one attached hydrogen (secondary N) is 2. The molecule has 0 aliphatic carbocycles. The van der Waals surface area contributed by atoms with E-state index >= 15 is 0 Å². The lowest BCUT2D eigenvalue weighted by molar-refractivity contribution is -0.142. The number of rotatable bonds is 16. The lowest BCUT2D eigenvalue weighted by Crippen LogP contribution is -2.46. The first-order valence-electron chi connectivity index (χ1n) is 22.6. The molecule has 0 spiro atoms. The number of nitrogens with two attached hydrogens (primary N) is 1. The second kappa shape index (κ2) is 22.1. The summed E-state index contributed by atoms with van der Waals surface area (Å²) < 4.78 is 6.24. The average molecular weight is 898 g/mol. The SMILES string of the molecule is CC(=N)CCCOc1ccc2cc1-c1cc(ccc1O)C[C@@H](C(=O)CCC#N)NC(=O)[C@H](C)CC(=O)[C@H]2N(C)C(=O)[C@H](CCN)CC(=O)c1c(C)nc(-c2ccc(C(C)(C)C)cc2)nc1C.